The van der Waals surface area contributed by atoms with Crippen LogP contribution in [-0.4, -0.2) is 34.1 Å². The predicted molar refractivity (Wildman–Crippen MR) is 47.1 cm³/mol. The Morgan fingerprint density at radius 1 is 1.45 bits per heavy atom. The molecule has 0 aliphatic carbocycles. The lowest BCUT2D eigenvalue weighted by Crippen LogP contribution is -2.41. The third kappa shape index (κ3) is 2.63. The fraction of sp³-hybridized carbons (Fsp3) is 1.00. The molecule has 1 rings (SSSR count). The van der Waals surface area contributed by atoms with Crippen molar-refractivity contribution >= 4 is 11.9 Å². The summed E-state index contributed by atoms with van der Waals surface area (Å²) in [4.78, 5) is 0. The van der Waals surface area contributed by atoms with E-state index in [-0.39, 0.29) is 0 Å². The van der Waals surface area contributed by atoms with Crippen molar-refractivity contribution in [2.45, 2.75) is 19.8 Å². The topological polar surface area (TPSA) is 26.7 Å². The number of hydrogen-bond acceptors (Lipinski definition) is 4. The van der Waals surface area contributed by atoms with Gasteiger partial charge < -0.3 is 0 Å². The molecule has 0 unspecified atom stereocenters. The monoisotopic (exact) mass is 176 g/mol. The average molecular weight is 176 g/mol. The molecule has 0 saturated carbocycles. The second kappa shape index (κ2) is 4.30. The van der Waals surface area contributed by atoms with E-state index in [2.05, 4.69) is 6.92 Å². The molecule has 0 bridgehead atoms. The molecule has 0 aromatic carbocycles. The van der Waals surface area contributed by atoms with Crippen LogP contribution in [0.1, 0.15) is 19.8 Å². The largest absolute Gasteiger partial charge is 0.289 e. The maximum absolute atomic E-state index is 9.29. The molecule has 11 heavy (non-hydrogen) atoms. The van der Waals surface area contributed by atoms with E-state index in [4.69, 9.17) is 0 Å². The zero-order chi connectivity index (χ0) is 8.27. The summed E-state index contributed by atoms with van der Waals surface area (Å²) < 4.78 is 1.24. The summed E-state index contributed by atoms with van der Waals surface area (Å²) >= 11 is 1.35. The normalized spacial score (nSPS) is 22.9. The van der Waals surface area contributed by atoms with Gasteiger partial charge in [-0.05, 0) is 30.7 Å². The minimum atomic E-state index is 0.821. The molecule has 4 heteroatoms. The van der Waals surface area contributed by atoms with Crippen LogP contribution in [0.15, 0.2) is 0 Å². The standard InChI is InChI=1S/C7H16N2OS/c1-7-3-5-8(6-4-7)9(10)11-2/h7,10H,3-6H2,1-2H3. The molecule has 0 spiro atoms. The lowest BCUT2D eigenvalue weighted by molar-refractivity contribution is -0.167. The Kier molecular flexibility index (Phi) is 3.65. The van der Waals surface area contributed by atoms with Crippen LogP contribution in [0.25, 0.3) is 0 Å². The Morgan fingerprint density at radius 2 is 2.00 bits per heavy atom. The van der Waals surface area contributed by atoms with E-state index < -0.39 is 0 Å². The smallest absolute Gasteiger partial charge is 0.0167 e. The summed E-state index contributed by atoms with van der Waals surface area (Å²) in [6.07, 6.45) is 4.26. The van der Waals surface area contributed by atoms with E-state index in [1.165, 1.54) is 29.4 Å². The highest BCUT2D eigenvalue weighted by Gasteiger charge is 2.19. The van der Waals surface area contributed by atoms with Crippen LogP contribution in [0.2, 0.25) is 0 Å². The average Bonchev–Trinajstić information content (AvgIpc) is 2.05. The van der Waals surface area contributed by atoms with E-state index in [1.807, 2.05) is 11.3 Å². The first-order valence-corrected chi connectivity index (χ1v) is 5.20. The van der Waals surface area contributed by atoms with Gasteiger partial charge in [0.15, 0.2) is 0 Å². The van der Waals surface area contributed by atoms with E-state index in [0.29, 0.717) is 0 Å². The summed E-state index contributed by atoms with van der Waals surface area (Å²) in [6, 6.07) is 0. The molecule has 3 nitrogen and oxygen atoms in total. The van der Waals surface area contributed by atoms with Gasteiger partial charge in [-0.25, -0.2) is 5.01 Å². The van der Waals surface area contributed by atoms with Gasteiger partial charge in [-0.1, -0.05) is 11.5 Å². The molecule has 1 heterocycles. The van der Waals surface area contributed by atoms with Gasteiger partial charge in [0.2, 0.25) is 0 Å². The lowest BCUT2D eigenvalue weighted by atomic mass is 10.0. The minimum absolute atomic E-state index is 0.821. The van der Waals surface area contributed by atoms with E-state index in [1.54, 1.807) is 0 Å². The number of rotatable bonds is 2. The molecule has 1 aliphatic heterocycles. The number of hydrogen-bond donors (Lipinski definition) is 1. The molecule has 0 amide bonds. The van der Waals surface area contributed by atoms with Crippen molar-refractivity contribution in [3.63, 3.8) is 0 Å². The van der Waals surface area contributed by atoms with Gasteiger partial charge in [-0.3, -0.25) is 5.21 Å². The quantitative estimate of drug-likeness (QED) is 0.511. The van der Waals surface area contributed by atoms with Crippen LogP contribution in [0.3, 0.4) is 0 Å². The van der Waals surface area contributed by atoms with Gasteiger partial charge in [-0.2, -0.15) is 0 Å². The molecule has 1 aliphatic rings. The molecule has 0 radical (unpaired) electrons. The SMILES string of the molecule is CSN(O)N1CCC(C)CC1. The van der Waals surface area contributed by atoms with Crippen molar-refractivity contribution in [3.05, 3.63) is 0 Å². The lowest BCUT2D eigenvalue weighted by Gasteiger charge is -2.33. The highest BCUT2D eigenvalue weighted by atomic mass is 32.2. The zero-order valence-corrected chi connectivity index (χ0v) is 7.97. The maximum Gasteiger partial charge on any atom is 0.0167 e. The summed E-state index contributed by atoms with van der Waals surface area (Å²) in [5.74, 6) is 0.821. The second-order valence-corrected chi connectivity index (χ2v) is 3.76. The molecular weight excluding hydrogens is 160 g/mol. The fourth-order valence-corrected chi connectivity index (χ4v) is 1.68. The van der Waals surface area contributed by atoms with Gasteiger partial charge >= 0.3 is 0 Å². The predicted octanol–water partition coefficient (Wildman–Crippen LogP) is 1.60. The van der Waals surface area contributed by atoms with Gasteiger partial charge in [0, 0.05) is 19.3 Å². The van der Waals surface area contributed by atoms with Gasteiger partial charge in [-0.15, -0.1) is 0 Å². The Morgan fingerprint density at radius 3 is 2.45 bits per heavy atom. The van der Waals surface area contributed by atoms with Crippen molar-refractivity contribution in [2.75, 3.05) is 19.3 Å². The molecule has 1 N–H and O–H groups in total. The number of hydrazine groups is 1. The maximum atomic E-state index is 9.29. The molecule has 1 fully saturated rings. The second-order valence-electron chi connectivity index (χ2n) is 3.07. The first-order chi connectivity index (χ1) is 5.24. The molecular formula is C7H16N2OS. The Balaban J connectivity index is 2.27. The molecule has 66 valence electrons. The Labute approximate surface area is 72.4 Å². The summed E-state index contributed by atoms with van der Waals surface area (Å²) in [5.41, 5.74) is 0. The summed E-state index contributed by atoms with van der Waals surface area (Å²) in [7, 11) is 0. The number of piperidine rings is 1. The van der Waals surface area contributed by atoms with Crippen molar-refractivity contribution in [2.24, 2.45) is 5.92 Å². The first kappa shape index (κ1) is 9.32. The van der Waals surface area contributed by atoms with Gasteiger partial charge in [0.25, 0.3) is 0 Å². The van der Waals surface area contributed by atoms with Crippen LogP contribution in [0, 0.1) is 5.92 Å². The summed E-state index contributed by atoms with van der Waals surface area (Å²) in [6.45, 7) is 4.23. The van der Waals surface area contributed by atoms with Crippen molar-refractivity contribution in [1.29, 1.82) is 0 Å². The third-order valence-electron chi connectivity index (χ3n) is 2.17. The first-order valence-electron chi connectivity index (χ1n) is 4.02. The zero-order valence-electron chi connectivity index (χ0n) is 7.16. The van der Waals surface area contributed by atoms with Crippen molar-refractivity contribution < 1.29 is 5.21 Å². The van der Waals surface area contributed by atoms with Gasteiger partial charge in [0.05, 0.1) is 0 Å². The van der Waals surface area contributed by atoms with Crippen molar-refractivity contribution in [3.8, 4) is 0 Å². The summed E-state index contributed by atoms with van der Waals surface area (Å²) in [5, 5.41) is 11.3. The third-order valence-corrected chi connectivity index (χ3v) is 2.72. The number of nitrogens with zero attached hydrogens (tertiary/aromatic N) is 2. The molecule has 1 saturated heterocycles. The van der Waals surface area contributed by atoms with Crippen LogP contribution in [-0.2, 0) is 0 Å². The van der Waals surface area contributed by atoms with E-state index in [9.17, 15) is 5.21 Å². The Hall–Kier alpha value is 0.230. The highest BCUT2D eigenvalue weighted by molar-refractivity contribution is 7.96. The minimum Gasteiger partial charge on any atom is -0.289 e. The molecule has 0 atom stereocenters. The van der Waals surface area contributed by atoms with Gasteiger partial charge in [0.1, 0.15) is 0 Å². The van der Waals surface area contributed by atoms with Crippen molar-refractivity contribution in [1.82, 2.24) is 9.59 Å². The van der Waals surface area contributed by atoms with Crippen LogP contribution in [0.5, 0.6) is 0 Å². The van der Waals surface area contributed by atoms with Crippen LogP contribution < -0.4 is 0 Å². The Bertz CT molecular complexity index is 115. The molecule has 0 aromatic rings. The van der Waals surface area contributed by atoms with Crippen LogP contribution in [0.4, 0.5) is 0 Å². The van der Waals surface area contributed by atoms with E-state index >= 15 is 0 Å². The molecule has 0 aromatic heterocycles. The fourth-order valence-electron chi connectivity index (χ4n) is 1.28. The van der Waals surface area contributed by atoms with Crippen LogP contribution >= 0.6 is 11.9 Å². The van der Waals surface area contributed by atoms with E-state index in [0.717, 1.165) is 19.0 Å². The highest BCUT2D eigenvalue weighted by Crippen LogP contribution is 2.19.